The Morgan fingerprint density at radius 2 is 2.42 bits per heavy atom. The summed E-state index contributed by atoms with van der Waals surface area (Å²) >= 11 is 3.22. The second-order valence-corrected chi connectivity index (χ2v) is 3.35. The summed E-state index contributed by atoms with van der Waals surface area (Å²) in [5.74, 6) is -0.586. The van der Waals surface area contributed by atoms with Gasteiger partial charge in [-0.1, -0.05) is 0 Å². The molecular formula is C8H9BrN2O. The van der Waals surface area contributed by atoms with Crippen LogP contribution in [0.2, 0.25) is 0 Å². The minimum absolute atomic E-state index is 0.260. The molecule has 0 fully saturated rings. The summed E-state index contributed by atoms with van der Waals surface area (Å²) in [6, 6.07) is 3.57. The average Bonchev–Trinajstić information content (AvgIpc) is 2.03. The lowest BCUT2D eigenvalue weighted by Gasteiger charge is -2.06. The van der Waals surface area contributed by atoms with Gasteiger partial charge in [0.15, 0.2) is 0 Å². The average molecular weight is 229 g/mol. The van der Waals surface area contributed by atoms with Gasteiger partial charge in [-0.3, -0.25) is 4.79 Å². The molecule has 1 unspecified atom stereocenters. The summed E-state index contributed by atoms with van der Waals surface area (Å²) in [7, 11) is 0. The molecule has 2 N–H and O–H groups in total. The molecule has 1 aromatic heterocycles. The Balaban J connectivity index is 2.95. The third-order valence-electron chi connectivity index (χ3n) is 1.68. The number of primary amides is 1. The Bertz CT molecular complexity index is 301. The van der Waals surface area contributed by atoms with Gasteiger partial charge in [-0.05, 0) is 40.5 Å². The number of hydrogen-bond acceptors (Lipinski definition) is 2. The number of nitrogens with zero attached hydrogens (tertiary/aromatic N) is 1. The van der Waals surface area contributed by atoms with E-state index in [0.717, 1.165) is 5.56 Å². The monoisotopic (exact) mass is 228 g/mol. The number of pyridine rings is 1. The molecule has 0 spiro atoms. The first-order valence-corrected chi connectivity index (χ1v) is 4.31. The molecule has 1 atom stereocenters. The highest BCUT2D eigenvalue weighted by Gasteiger charge is 2.11. The third kappa shape index (κ3) is 2.04. The highest BCUT2D eigenvalue weighted by Crippen LogP contribution is 2.16. The van der Waals surface area contributed by atoms with Crippen LogP contribution < -0.4 is 5.73 Å². The summed E-state index contributed by atoms with van der Waals surface area (Å²) in [5, 5.41) is 0. The maximum atomic E-state index is 10.8. The van der Waals surface area contributed by atoms with E-state index in [1.165, 1.54) is 0 Å². The predicted octanol–water partition coefficient (Wildman–Crippen LogP) is 1.43. The Morgan fingerprint density at radius 3 is 2.92 bits per heavy atom. The molecule has 64 valence electrons. The van der Waals surface area contributed by atoms with E-state index in [4.69, 9.17) is 5.73 Å². The van der Waals surface area contributed by atoms with Crippen LogP contribution in [-0.2, 0) is 4.79 Å². The third-order valence-corrected chi connectivity index (χ3v) is 2.11. The minimum Gasteiger partial charge on any atom is -0.369 e. The van der Waals surface area contributed by atoms with Gasteiger partial charge in [-0.25, -0.2) is 4.98 Å². The van der Waals surface area contributed by atoms with Crippen molar-refractivity contribution in [2.45, 2.75) is 12.8 Å². The number of carbonyl (C=O) groups excluding carboxylic acids is 1. The maximum absolute atomic E-state index is 10.8. The van der Waals surface area contributed by atoms with Crippen molar-refractivity contribution in [3.8, 4) is 0 Å². The number of amides is 1. The molecule has 1 rings (SSSR count). The molecular weight excluding hydrogens is 220 g/mol. The van der Waals surface area contributed by atoms with E-state index < -0.39 is 0 Å². The number of hydrogen-bond donors (Lipinski definition) is 1. The first kappa shape index (κ1) is 9.19. The molecule has 0 aliphatic carbocycles. The van der Waals surface area contributed by atoms with Crippen molar-refractivity contribution in [1.29, 1.82) is 0 Å². The zero-order chi connectivity index (χ0) is 9.14. The zero-order valence-corrected chi connectivity index (χ0v) is 8.21. The quantitative estimate of drug-likeness (QED) is 0.780. The second-order valence-electron chi connectivity index (χ2n) is 2.54. The van der Waals surface area contributed by atoms with Gasteiger partial charge in [0.25, 0.3) is 0 Å². The molecule has 0 aromatic carbocycles. The van der Waals surface area contributed by atoms with E-state index in [2.05, 4.69) is 20.9 Å². The van der Waals surface area contributed by atoms with E-state index in [-0.39, 0.29) is 11.8 Å². The summed E-state index contributed by atoms with van der Waals surface area (Å²) in [4.78, 5) is 14.7. The number of nitrogens with two attached hydrogens (primary N) is 1. The normalized spacial score (nSPS) is 12.5. The van der Waals surface area contributed by atoms with Crippen molar-refractivity contribution in [2.24, 2.45) is 5.73 Å². The van der Waals surface area contributed by atoms with E-state index in [9.17, 15) is 4.79 Å². The Kier molecular flexibility index (Phi) is 2.81. The van der Waals surface area contributed by atoms with Crippen LogP contribution in [0.25, 0.3) is 0 Å². The Labute approximate surface area is 79.1 Å². The summed E-state index contributed by atoms with van der Waals surface area (Å²) in [6.07, 6.45) is 1.64. The van der Waals surface area contributed by atoms with Crippen LogP contribution in [0, 0.1) is 0 Å². The van der Waals surface area contributed by atoms with Crippen LogP contribution in [0.4, 0.5) is 0 Å². The Morgan fingerprint density at radius 1 is 1.75 bits per heavy atom. The molecule has 0 saturated carbocycles. The van der Waals surface area contributed by atoms with Crippen molar-refractivity contribution in [1.82, 2.24) is 4.98 Å². The summed E-state index contributed by atoms with van der Waals surface area (Å²) in [6.45, 7) is 1.77. The molecule has 12 heavy (non-hydrogen) atoms. The Hall–Kier alpha value is -0.900. The standard InChI is InChI=1S/C8H9BrN2O/c1-5(8(10)12)6-2-3-11-7(9)4-6/h2-5H,1H3,(H2,10,12). The fraction of sp³-hybridized carbons (Fsp3) is 0.250. The number of rotatable bonds is 2. The van der Waals surface area contributed by atoms with E-state index in [1.54, 1.807) is 25.3 Å². The summed E-state index contributed by atoms with van der Waals surface area (Å²) < 4.78 is 0.716. The van der Waals surface area contributed by atoms with Crippen molar-refractivity contribution in [2.75, 3.05) is 0 Å². The number of halogens is 1. The highest BCUT2D eigenvalue weighted by atomic mass is 79.9. The van der Waals surface area contributed by atoms with Gasteiger partial charge in [0, 0.05) is 6.20 Å². The fourth-order valence-electron chi connectivity index (χ4n) is 0.851. The smallest absolute Gasteiger partial charge is 0.224 e. The second kappa shape index (κ2) is 3.67. The van der Waals surface area contributed by atoms with Crippen molar-refractivity contribution in [3.05, 3.63) is 28.5 Å². The lowest BCUT2D eigenvalue weighted by molar-refractivity contribution is -0.119. The topological polar surface area (TPSA) is 56.0 Å². The van der Waals surface area contributed by atoms with Crippen LogP contribution in [-0.4, -0.2) is 10.9 Å². The summed E-state index contributed by atoms with van der Waals surface area (Å²) in [5.41, 5.74) is 6.02. The molecule has 1 amide bonds. The van der Waals surface area contributed by atoms with Crippen LogP contribution >= 0.6 is 15.9 Å². The van der Waals surface area contributed by atoms with E-state index >= 15 is 0 Å². The first-order valence-electron chi connectivity index (χ1n) is 3.52. The van der Waals surface area contributed by atoms with Crippen LogP contribution in [0.5, 0.6) is 0 Å². The first-order chi connectivity index (χ1) is 5.61. The van der Waals surface area contributed by atoms with Gasteiger partial charge >= 0.3 is 0 Å². The van der Waals surface area contributed by atoms with E-state index in [1.807, 2.05) is 0 Å². The SMILES string of the molecule is CC(C(N)=O)c1ccnc(Br)c1. The lowest BCUT2D eigenvalue weighted by Crippen LogP contribution is -2.18. The molecule has 4 heteroatoms. The van der Waals surface area contributed by atoms with Gasteiger partial charge in [-0.2, -0.15) is 0 Å². The fourth-order valence-corrected chi connectivity index (χ4v) is 1.23. The highest BCUT2D eigenvalue weighted by molar-refractivity contribution is 9.10. The van der Waals surface area contributed by atoms with Crippen LogP contribution in [0.1, 0.15) is 18.4 Å². The zero-order valence-electron chi connectivity index (χ0n) is 6.62. The number of carbonyl (C=O) groups is 1. The largest absolute Gasteiger partial charge is 0.369 e. The molecule has 1 heterocycles. The van der Waals surface area contributed by atoms with Crippen molar-refractivity contribution >= 4 is 21.8 Å². The lowest BCUT2D eigenvalue weighted by atomic mass is 10.0. The van der Waals surface area contributed by atoms with Gasteiger partial charge in [0.05, 0.1) is 5.92 Å². The molecule has 0 radical (unpaired) electrons. The van der Waals surface area contributed by atoms with Gasteiger partial charge in [-0.15, -0.1) is 0 Å². The molecule has 0 aliphatic heterocycles. The van der Waals surface area contributed by atoms with Crippen LogP contribution in [0.15, 0.2) is 22.9 Å². The van der Waals surface area contributed by atoms with Crippen molar-refractivity contribution < 1.29 is 4.79 Å². The predicted molar refractivity (Wildman–Crippen MR) is 49.5 cm³/mol. The van der Waals surface area contributed by atoms with E-state index in [0.29, 0.717) is 4.60 Å². The van der Waals surface area contributed by atoms with Crippen LogP contribution in [0.3, 0.4) is 0 Å². The maximum Gasteiger partial charge on any atom is 0.224 e. The van der Waals surface area contributed by atoms with Gasteiger partial charge in [0.1, 0.15) is 4.60 Å². The number of aromatic nitrogens is 1. The minimum atomic E-state index is -0.326. The van der Waals surface area contributed by atoms with Gasteiger partial charge in [0.2, 0.25) is 5.91 Å². The molecule has 0 aliphatic rings. The molecule has 0 saturated heterocycles. The van der Waals surface area contributed by atoms with Crippen molar-refractivity contribution in [3.63, 3.8) is 0 Å². The molecule has 1 aromatic rings. The molecule has 3 nitrogen and oxygen atoms in total. The molecule has 0 bridgehead atoms. The van der Waals surface area contributed by atoms with Gasteiger partial charge < -0.3 is 5.73 Å².